The van der Waals surface area contributed by atoms with E-state index in [9.17, 15) is 46.1 Å². The molecule has 2 saturated heterocycles. The Balaban J connectivity index is 1.33. The van der Waals surface area contributed by atoms with Crippen LogP contribution in [0.1, 0.15) is 55.7 Å². The summed E-state index contributed by atoms with van der Waals surface area (Å²) >= 11 is 0. The van der Waals surface area contributed by atoms with Crippen molar-refractivity contribution in [3.8, 4) is 5.75 Å². The molecule has 3 aliphatic rings. The van der Waals surface area contributed by atoms with Gasteiger partial charge >= 0.3 is 19.5 Å². The minimum absolute atomic E-state index is 0.0103. The fourth-order valence-corrected chi connectivity index (χ4v) is 7.95. The van der Waals surface area contributed by atoms with Crippen molar-refractivity contribution in [1.82, 2.24) is 0 Å². The Morgan fingerprint density at radius 2 is 1.63 bits per heavy atom. The number of aromatic hydroxyl groups is 1. The van der Waals surface area contributed by atoms with Crippen LogP contribution in [-0.2, 0) is 31.3 Å². The number of nitrogens with zero attached hydrogens (tertiary/aromatic N) is 1. The first-order chi connectivity index (χ1) is 24.1. The summed E-state index contributed by atoms with van der Waals surface area (Å²) in [7, 11) is 0.106. The Bertz CT molecular complexity index is 1870. The third-order valence-electron chi connectivity index (χ3n) is 10.1. The number of carbonyl (C=O) groups excluding carboxylic acids is 2. The van der Waals surface area contributed by atoms with Gasteiger partial charge in [-0.15, -0.1) is 0 Å². The number of fused-ring (bicyclic) bond motifs is 4. The quantitative estimate of drug-likeness (QED) is 0.100. The van der Waals surface area contributed by atoms with Gasteiger partial charge in [0.05, 0.1) is 41.4 Å². The van der Waals surface area contributed by atoms with Gasteiger partial charge in [0.15, 0.2) is 0 Å². The maximum Gasteiger partial charge on any atom is 0.455 e. The lowest BCUT2D eigenvalue weighted by atomic mass is 9.58. The van der Waals surface area contributed by atoms with Crippen LogP contribution < -0.4 is 4.90 Å². The summed E-state index contributed by atoms with van der Waals surface area (Å²) in [5.41, 5.74) is -0.797. The number of halogens is 6. The standard InChI is InChI=1S/C37H36BF6NO6/c1-3-6-20(13-21-10-11-30(46)27-8-5-4-7-26(21)27)9-12-31-32-22(19-50-2)14-28-33(29(32)18-38(49)51-31)35(48)45(34(28)47)25-16-23(36(39,40)41)15-24(17-25)37(42,43)44/h4-5,7-8,10-11,13,15-17,28-29,31,33,46,49H,3,6,9,12,14,18-19H2,1-2H3/b20-13+/t28-,29+,31-,33-/m1/s1. The Morgan fingerprint density at radius 1 is 0.961 bits per heavy atom. The smallest absolute Gasteiger partial charge is 0.455 e. The molecule has 1 aliphatic carbocycles. The number of rotatable bonds is 9. The number of phenols is 1. The van der Waals surface area contributed by atoms with Crippen LogP contribution in [0.2, 0.25) is 6.32 Å². The number of allylic oxidation sites excluding steroid dienone is 1. The summed E-state index contributed by atoms with van der Waals surface area (Å²) in [4.78, 5) is 28.3. The molecule has 3 aromatic carbocycles. The molecule has 0 aromatic heterocycles. The van der Waals surface area contributed by atoms with E-state index in [1.807, 2.05) is 37.3 Å². The Labute approximate surface area is 290 Å². The van der Waals surface area contributed by atoms with Gasteiger partial charge < -0.3 is 19.5 Å². The average molecular weight is 715 g/mol. The van der Waals surface area contributed by atoms with Crippen LogP contribution in [-0.4, -0.2) is 48.9 Å². The predicted octanol–water partition coefficient (Wildman–Crippen LogP) is 8.19. The summed E-state index contributed by atoms with van der Waals surface area (Å²) in [5.74, 6) is -4.64. The molecule has 14 heteroatoms. The van der Waals surface area contributed by atoms with Crippen LogP contribution in [0.15, 0.2) is 71.3 Å². The normalized spacial score (nSPS) is 23.0. The van der Waals surface area contributed by atoms with Crippen molar-refractivity contribution in [1.29, 1.82) is 0 Å². The molecule has 3 aromatic rings. The van der Waals surface area contributed by atoms with Gasteiger partial charge in [-0.1, -0.05) is 55.3 Å². The highest BCUT2D eigenvalue weighted by Gasteiger charge is 2.58. The van der Waals surface area contributed by atoms with Gasteiger partial charge in [-0.3, -0.25) is 9.59 Å². The van der Waals surface area contributed by atoms with Gasteiger partial charge in [-0.25, -0.2) is 4.90 Å². The zero-order valence-corrected chi connectivity index (χ0v) is 27.9. The number of ether oxygens (including phenoxy) is 1. The summed E-state index contributed by atoms with van der Waals surface area (Å²) in [6.45, 7) is 2.09. The summed E-state index contributed by atoms with van der Waals surface area (Å²) in [6, 6.07) is 11.7. The molecule has 0 bridgehead atoms. The van der Waals surface area contributed by atoms with Crippen LogP contribution in [0.5, 0.6) is 5.75 Å². The van der Waals surface area contributed by atoms with Crippen molar-refractivity contribution in [2.24, 2.45) is 17.8 Å². The molecule has 6 rings (SSSR count). The lowest BCUT2D eigenvalue weighted by Gasteiger charge is -2.43. The second-order valence-corrected chi connectivity index (χ2v) is 13.3. The van der Waals surface area contributed by atoms with Gasteiger partial charge in [-0.2, -0.15) is 26.3 Å². The lowest BCUT2D eigenvalue weighted by molar-refractivity contribution is -0.143. The van der Waals surface area contributed by atoms with E-state index in [-0.39, 0.29) is 31.2 Å². The van der Waals surface area contributed by atoms with E-state index in [2.05, 4.69) is 6.08 Å². The second kappa shape index (κ2) is 14.1. The average Bonchev–Trinajstić information content (AvgIpc) is 3.32. The molecule has 2 aliphatic heterocycles. The monoisotopic (exact) mass is 715 g/mol. The summed E-state index contributed by atoms with van der Waals surface area (Å²) in [5, 5.41) is 22.9. The number of methoxy groups -OCH3 is 1. The van der Waals surface area contributed by atoms with Crippen molar-refractivity contribution in [2.75, 3.05) is 18.6 Å². The SMILES string of the molecule is CCC/C(=C\c1ccc(O)c2ccccc12)CC[C@H]1OB(O)C[C@H]2C1=C(COC)C[C@H]1C(=O)N(c3cc(C(F)(F)F)cc(C(F)(F)F)c3)C(=O)[C@H]12. The summed E-state index contributed by atoms with van der Waals surface area (Å²) in [6.07, 6.45) is -6.63. The van der Waals surface area contributed by atoms with Crippen LogP contribution in [0.3, 0.4) is 0 Å². The Kier molecular flexibility index (Phi) is 10.1. The number of phenolic OH excluding ortho intramolecular Hbond substituents is 1. The van der Waals surface area contributed by atoms with Crippen LogP contribution >= 0.6 is 0 Å². The molecule has 0 unspecified atom stereocenters. The zero-order chi connectivity index (χ0) is 36.8. The molecule has 2 heterocycles. The highest BCUT2D eigenvalue weighted by molar-refractivity contribution is 6.43. The molecular weight excluding hydrogens is 679 g/mol. The zero-order valence-electron chi connectivity index (χ0n) is 27.9. The molecule has 4 atom stereocenters. The topological polar surface area (TPSA) is 96.3 Å². The first-order valence-corrected chi connectivity index (χ1v) is 16.7. The number of carbonyl (C=O) groups is 2. The number of anilines is 1. The first-order valence-electron chi connectivity index (χ1n) is 16.7. The molecule has 0 saturated carbocycles. The van der Waals surface area contributed by atoms with Crippen molar-refractivity contribution < 1.29 is 55.5 Å². The van der Waals surface area contributed by atoms with E-state index in [0.717, 1.165) is 29.4 Å². The lowest BCUT2D eigenvalue weighted by Crippen LogP contribution is -2.46. The minimum atomic E-state index is -5.17. The van der Waals surface area contributed by atoms with Crippen LogP contribution in [0.4, 0.5) is 32.0 Å². The highest BCUT2D eigenvalue weighted by atomic mass is 19.4. The largest absolute Gasteiger partial charge is 0.507 e. The number of amides is 2. The molecule has 270 valence electrons. The van der Waals surface area contributed by atoms with Gasteiger partial charge in [0.25, 0.3) is 0 Å². The van der Waals surface area contributed by atoms with Crippen LogP contribution in [0, 0.1) is 17.8 Å². The van der Waals surface area contributed by atoms with E-state index >= 15 is 0 Å². The molecule has 2 fully saturated rings. The molecule has 0 spiro atoms. The van der Waals surface area contributed by atoms with Crippen molar-refractivity contribution in [3.63, 3.8) is 0 Å². The van der Waals surface area contributed by atoms with Crippen molar-refractivity contribution in [2.45, 2.75) is 63.8 Å². The van der Waals surface area contributed by atoms with E-state index in [0.29, 0.717) is 46.4 Å². The maximum absolute atomic E-state index is 14.0. The van der Waals surface area contributed by atoms with E-state index in [4.69, 9.17) is 9.39 Å². The first kappa shape index (κ1) is 36.6. The molecule has 2 amide bonds. The van der Waals surface area contributed by atoms with Crippen molar-refractivity contribution >= 4 is 41.5 Å². The minimum Gasteiger partial charge on any atom is -0.507 e. The van der Waals surface area contributed by atoms with Crippen molar-refractivity contribution in [3.05, 3.63) is 88.0 Å². The number of imide groups is 1. The number of hydrogen-bond donors (Lipinski definition) is 2. The third kappa shape index (κ3) is 7.18. The molecule has 0 radical (unpaired) electrons. The van der Waals surface area contributed by atoms with E-state index < -0.39 is 72.0 Å². The number of alkyl halides is 6. The van der Waals surface area contributed by atoms with Gasteiger partial charge in [0.1, 0.15) is 5.75 Å². The fourth-order valence-electron chi connectivity index (χ4n) is 7.95. The van der Waals surface area contributed by atoms with E-state index in [1.54, 1.807) is 6.07 Å². The predicted molar refractivity (Wildman–Crippen MR) is 178 cm³/mol. The highest BCUT2D eigenvalue weighted by Crippen LogP contribution is 2.52. The molecule has 51 heavy (non-hydrogen) atoms. The van der Waals surface area contributed by atoms with Gasteiger partial charge in [0.2, 0.25) is 11.8 Å². The number of benzene rings is 3. The summed E-state index contributed by atoms with van der Waals surface area (Å²) < 4.78 is 93.8. The fraction of sp³-hybridized carbons (Fsp3) is 0.405. The van der Waals surface area contributed by atoms with Crippen LogP contribution in [0.25, 0.3) is 16.8 Å². The molecule has 2 N–H and O–H groups in total. The molecule has 7 nitrogen and oxygen atoms in total. The second-order valence-electron chi connectivity index (χ2n) is 13.3. The Hall–Kier alpha value is -4.14. The number of hydrogen-bond acceptors (Lipinski definition) is 6. The van der Waals surface area contributed by atoms with Gasteiger partial charge in [-0.05, 0) is 84.3 Å². The molecular formula is C37H36BF6NO6. The maximum atomic E-state index is 14.0. The van der Waals surface area contributed by atoms with E-state index in [1.165, 1.54) is 7.11 Å². The Morgan fingerprint density at radius 3 is 2.25 bits per heavy atom. The third-order valence-corrected chi connectivity index (χ3v) is 10.1. The van der Waals surface area contributed by atoms with Gasteiger partial charge in [0, 0.05) is 12.5 Å².